The van der Waals surface area contributed by atoms with Crippen molar-refractivity contribution in [3.05, 3.63) is 0 Å². The van der Waals surface area contributed by atoms with Gasteiger partial charge < -0.3 is 60.5 Å². The van der Waals surface area contributed by atoms with E-state index in [2.05, 4.69) is 43.9 Å². The average Bonchev–Trinajstić information content (AvgIpc) is 0.822. The summed E-state index contributed by atoms with van der Waals surface area (Å²) in [6.45, 7) is 12.4. The minimum atomic E-state index is -1.39. The van der Waals surface area contributed by atoms with Crippen molar-refractivity contribution in [2.75, 3.05) is 82.1 Å². The van der Waals surface area contributed by atoms with Crippen LogP contribution in [0.4, 0.5) is 0 Å². The van der Waals surface area contributed by atoms with Gasteiger partial charge in [0.2, 0.25) is 70.9 Å². The zero-order chi connectivity index (χ0) is 74.4. The number of carbonyl (C=O) groups excluding carboxylic acids is 12. The molecule has 27 heteroatoms. The highest BCUT2D eigenvalue weighted by atomic mass is 127. The summed E-state index contributed by atoms with van der Waals surface area (Å²) in [5.74, 6) is -8.27. The van der Waals surface area contributed by atoms with Crippen molar-refractivity contribution < 1.29 is 57.5 Å². The van der Waals surface area contributed by atoms with Gasteiger partial charge in [-0.15, -0.1) is 23.2 Å². The Kier molecular flexibility index (Phi) is 35.5. The quantitative estimate of drug-likeness (QED) is 0.0889. The van der Waals surface area contributed by atoms with Gasteiger partial charge in [0.05, 0.1) is 26.1 Å². The Morgan fingerprint density at radius 2 is 1.10 bits per heavy atom. The number of piperidine rings is 1. The van der Waals surface area contributed by atoms with Crippen molar-refractivity contribution in [3.63, 3.8) is 0 Å². The number of alkyl halides is 3. The van der Waals surface area contributed by atoms with Crippen LogP contribution in [0.25, 0.3) is 0 Å². The largest absolute Gasteiger partial charge is 0.343 e. The molecule has 0 aromatic rings. The molecule has 0 spiro atoms. The van der Waals surface area contributed by atoms with Crippen LogP contribution in [0, 0.1) is 35.5 Å². The van der Waals surface area contributed by atoms with E-state index in [0.717, 1.165) is 44.9 Å². The normalized spacial score (nSPS) is 30.7. The molecule has 3 saturated carbocycles. The molecule has 100 heavy (non-hydrogen) atoms. The van der Waals surface area contributed by atoms with E-state index in [9.17, 15) is 28.8 Å². The predicted octanol–water partition coefficient (Wildman–Crippen LogP) is 7.11. The number of carbonyl (C=O) groups is 12. The number of halogens is 3. The molecule has 0 aromatic heterocycles. The maximum absolute atomic E-state index is 15.5. The van der Waals surface area contributed by atoms with Crippen LogP contribution in [0.5, 0.6) is 0 Å². The number of likely N-dealkylation sites (tertiary alicyclic amines) is 1. The first-order valence-electron chi connectivity index (χ1n) is 37.4. The molecule has 5 fully saturated rings. The van der Waals surface area contributed by atoms with Gasteiger partial charge in [0, 0.05) is 77.1 Å². The van der Waals surface area contributed by atoms with Gasteiger partial charge in [0.15, 0.2) is 0 Å². The molecule has 0 aromatic carbocycles. The molecular formula is C73H123Cl2IN12O12. The highest BCUT2D eigenvalue weighted by molar-refractivity contribution is 14.1. The van der Waals surface area contributed by atoms with Gasteiger partial charge in [-0.1, -0.05) is 116 Å². The Hall–Kier alpha value is -5.05. The summed E-state index contributed by atoms with van der Waals surface area (Å²) in [4.78, 5) is 190. The number of nitrogens with zero attached hydrogens (tertiary/aromatic N) is 8. The molecule has 5 aliphatic rings. The maximum Gasteiger partial charge on any atom is 0.245 e. The summed E-state index contributed by atoms with van der Waals surface area (Å²) < 4.78 is 0.335. The van der Waals surface area contributed by atoms with Gasteiger partial charge in [-0.2, -0.15) is 0 Å². The Bertz CT molecular complexity index is 2770. The summed E-state index contributed by atoms with van der Waals surface area (Å²) in [5.41, 5.74) is 0. The fraction of sp³-hybridized carbons (Fsp3) is 0.836. The molecule has 0 radical (unpaired) electrons. The maximum atomic E-state index is 15.5. The molecule has 568 valence electrons. The SMILES string of the molecule is CCCC[C@@H]1NC(=O)[C@H](CC2CCCC(I)C2)NC(=O)CN(C)C(=O)[C@H](CC2CCC(Cl)CC2)N(C)C(=O)CN(C)C(=O)CN(C)C(=O)[C@H]([C@@H](C)CC)NC(=O)[C@H](CC(C)C)N(C)C(=O)C[C@@H](C(=O)N2CCCCC2)N(C)C(=O)[C@H](CC(C)C)NC(=O)[C@H](CC2CCCCC2Cl)N(C)C1=O. The van der Waals surface area contributed by atoms with Crippen LogP contribution < -0.4 is 21.3 Å². The summed E-state index contributed by atoms with van der Waals surface area (Å²) in [6.07, 6.45) is 13.8. The van der Waals surface area contributed by atoms with Crippen LogP contribution in [-0.2, 0) is 57.5 Å². The Morgan fingerprint density at radius 1 is 0.510 bits per heavy atom. The smallest absolute Gasteiger partial charge is 0.245 e. The molecule has 13 atom stereocenters. The zero-order valence-electron chi connectivity index (χ0n) is 62.6. The summed E-state index contributed by atoms with van der Waals surface area (Å²) in [5, 5.41) is 11.6. The second kappa shape index (κ2) is 41.4. The second-order valence-electron chi connectivity index (χ2n) is 30.7. The summed E-state index contributed by atoms with van der Waals surface area (Å²) in [7, 11) is 10.2. The van der Waals surface area contributed by atoms with Crippen LogP contribution in [-0.4, -0.2) is 255 Å². The molecule has 3 aliphatic carbocycles. The molecule has 2 aliphatic heterocycles. The number of likely N-dealkylation sites (N-methyl/N-ethyl adjacent to an activating group) is 7. The number of hydrogen-bond donors (Lipinski definition) is 4. The monoisotopic (exact) mass is 1560 g/mol. The minimum Gasteiger partial charge on any atom is -0.343 e. The van der Waals surface area contributed by atoms with Crippen LogP contribution in [0.1, 0.15) is 209 Å². The molecule has 4 unspecified atom stereocenters. The lowest BCUT2D eigenvalue weighted by Gasteiger charge is -2.38. The lowest BCUT2D eigenvalue weighted by atomic mass is 9.83. The van der Waals surface area contributed by atoms with Crippen LogP contribution in [0.3, 0.4) is 0 Å². The van der Waals surface area contributed by atoms with Crippen molar-refractivity contribution in [2.24, 2.45) is 35.5 Å². The molecule has 0 bridgehead atoms. The Morgan fingerprint density at radius 3 is 1.71 bits per heavy atom. The van der Waals surface area contributed by atoms with Crippen LogP contribution in [0.2, 0.25) is 0 Å². The van der Waals surface area contributed by atoms with Crippen molar-refractivity contribution in [2.45, 2.75) is 272 Å². The van der Waals surface area contributed by atoms with E-state index in [1.807, 2.05) is 41.5 Å². The molecule has 5 rings (SSSR count). The van der Waals surface area contributed by atoms with Crippen molar-refractivity contribution in [1.82, 2.24) is 60.5 Å². The lowest BCUT2D eigenvalue weighted by Crippen LogP contribution is -2.61. The van der Waals surface area contributed by atoms with Gasteiger partial charge in [-0.3, -0.25) is 57.5 Å². The third-order valence-electron chi connectivity index (χ3n) is 21.7. The van der Waals surface area contributed by atoms with Gasteiger partial charge in [0.25, 0.3) is 0 Å². The van der Waals surface area contributed by atoms with Crippen molar-refractivity contribution >= 4 is 117 Å². The molecule has 12 amide bonds. The van der Waals surface area contributed by atoms with E-state index < -0.39 is 151 Å². The lowest BCUT2D eigenvalue weighted by molar-refractivity contribution is -0.151. The number of rotatable bonds is 16. The third kappa shape index (κ3) is 25.4. The van der Waals surface area contributed by atoms with Crippen LogP contribution in [0.15, 0.2) is 0 Å². The Balaban J connectivity index is 1.64. The molecule has 2 heterocycles. The van der Waals surface area contributed by atoms with E-state index in [1.54, 1.807) is 11.8 Å². The highest BCUT2D eigenvalue weighted by Crippen LogP contribution is 2.36. The average molecular weight is 1560 g/mol. The predicted molar refractivity (Wildman–Crippen MR) is 397 cm³/mol. The highest BCUT2D eigenvalue weighted by Gasteiger charge is 2.44. The first-order chi connectivity index (χ1) is 47.2. The van der Waals surface area contributed by atoms with Gasteiger partial charge >= 0.3 is 0 Å². The van der Waals surface area contributed by atoms with Crippen molar-refractivity contribution in [1.29, 1.82) is 0 Å². The van der Waals surface area contributed by atoms with Gasteiger partial charge in [-0.05, 0) is 145 Å². The second-order valence-corrected chi connectivity index (χ2v) is 33.7. The fourth-order valence-corrected chi connectivity index (χ4v) is 16.8. The summed E-state index contributed by atoms with van der Waals surface area (Å²) >= 11 is 16.0. The number of unbranched alkanes of at least 4 members (excludes halogenated alkanes) is 1. The molecule has 24 nitrogen and oxygen atoms in total. The number of nitrogens with one attached hydrogen (secondary N) is 4. The molecule has 2 saturated heterocycles. The molecule has 4 N–H and O–H groups in total. The van der Waals surface area contributed by atoms with E-state index in [-0.39, 0.29) is 78.9 Å². The minimum absolute atomic E-state index is 0.00555. The van der Waals surface area contributed by atoms with Gasteiger partial charge in [0.1, 0.15) is 48.3 Å². The summed E-state index contributed by atoms with van der Waals surface area (Å²) in [6, 6.07) is -9.63. The standard InChI is InChI=1S/C73H123Cl2IN12O12/c1-15-17-28-54-69(96)86(13)58(40-50-25-19-20-27-53(50)75)67(94)79-56(35-45(3)4)70(97)87(14)60(72(99)88-33-21-18-22-34-88)41-62(90)84(11)57(36-46(5)6)68(95)80-65(47(7)16-2)73(100)83(10)43-63(91)81(8)44-64(92)85(12)59(39-48-29-31-51(74)32-30-48)71(98)82(9)42-61(89)77-55(66(93)78-54)38-49-24-23-26-52(76)37-49/h45-60,65H,15-44H2,1-14H3,(H,77,89)(H,78,93)(H,79,94)(H,80,95)/t47-,48?,49?,50?,51?,52?,53?,54-,55-,56-,57-,58-,59-,60-,65-/m0/s1. The molecular weight excluding hydrogens is 1430 g/mol. The Labute approximate surface area is 620 Å². The topological polar surface area (TPSA) is 279 Å². The first kappa shape index (κ1) is 85.6. The van der Waals surface area contributed by atoms with E-state index in [1.165, 1.54) is 83.6 Å². The first-order valence-corrected chi connectivity index (χ1v) is 39.5. The van der Waals surface area contributed by atoms with Gasteiger partial charge in [-0.25, -0.2) is 0 Å². The number of hydrogen-bond acceptors (Lipinski definition) is 12. The third-order valence-corrected chi connectivity index (χ3v) is 23.9. The zero-order valence-corrected chi connectivity index (χ0v) is 66.3. The van der Waals surface area contributed by atoms with Crippen LogP contribution >= 0.6 is 45.8 Å². The fourth-order valence-electron chi connectivity index (χ4n) is 15.0. The van der Waals surface area contributed by atoms with E-state index >= 15 is 28.8 Å². The van der Waals surface area contributed by atoms with E-state index in [0.29, 0.717) is 87.6 Å². The van der Waals surface area contributed by atoms with Crippen molar-refractivity contribution in [3.8, 4) is 0 Å². The number of amides is 12. The van der Waals surface area contributed by atoms with E-state index in [4.69, 9.17) is 23.2 Å².